The Labute approximate surface area is 195 Å². The summed E-state index contributed by atoms with van der Waals surface area (Å²) in [6.45, 7) is 0. The molecule has 0 atom stereocenters. The van der Waals surface area contributed by atoms with Crippen LogP contribution in [0.3, 0.4) is 0 Å². The first-order valence-electron chi connectivity index (χ1n) is 7.39. The summed E-state index contributed by atoms with van der Waals surface area (Å²) in [4.78, 5) is 9.94. The Morgan fingerprint density at radius 1 is 0.828 bits per heavy atom. The molecule has 0 aliphatic rings. The van der Waals surface area contributed by atoms with E-state index in [-0.39, 0.29) is 16.5 Å². The van der Waals surface area contributed by atoms with E-state index in [4.69, 9.17) is 65.7 Å². The van der Waals surface area contributed by atoms with Crippen LogP contribution in [0.15, 0.2) is 24.3 Å². The van der Waals surface area contributed by atoms with Crippen LogP contribution in [0.1, 0.15) is 0 Å². The molecule has 160 valence electrons. The molecule has 0 aromatic heterocycles. The predicted octanol–water partition coefficient (Wildman–Crippen LogP) is 5.20. The Kier molecular flexibility index (Phi) is 14.1. The number of nitro groups is 1. The fourth-order valence-corrected chi connectivity index (χ4v) is 2.23. The van der Waals surface area contributed by atoms with Gasteiger partial charge in [0.05, 0.1) is 50.1 Å². The number of methoxy groups -OCH3 is 4. The van der Waals surface area contributed by atoms with Gasteiger partial charge in [-0.2, -0.15) is 0 Å². The van der Waals surface area contributed by atoms with E-state index in [1.54, 1.807) is 26.4 Å². The molecule has 0 aliphatic heterocycles. The van der Waals surface area contributed by atoms with Crippen LogP contribution in [0, 0.1) is 10.1 Å². The number of nitro benzene ring substituents is 1. The number of benzene rings is 2. The SMILES string of the molecule is COc1cc(Cl)c([N+](=O)[O-])cc1OC.COc1cc(N)c(Cl)cc1OC.[Cl][Sn][Cl]. The minimum absolute atomic E-state index is 0.0210. The standard InChI is InChI=1S/C8H8ClNO4.C8H10ClNO2.2ClH.Sn/c1-13-7-3-5(9)6(10(11)12)4-8(7)14-2;1-11-7-3-5(9)6(10)4-8(7)12-2;;;/h3-4H,1-2H3;3-4H,10H2,1-2H3;2*1H;/q;;;;+2/p-2. The summed E-state index contributed by atoms with van der Waals surface area (Å²) in [5.41, 5.74) is 5.83. The maximum absolute atomic E-state index is 10.5. The van der Waals surface area contributed by atoms with Gasteiger partial charge in [-0.25, -0.2) is 0 Å². The molecule has 0 amide bonds. The summed E-state index contributed by atoms with van der Waals surface area (Å²) in [6, 6.07) is 5.82. The van der Waals surface area contributed by atoms with Crippen LogP contribution < -0.4 is 24.7 Å². The monoisotopic (exact) mass is 594 g/mol. The van der Waals surface area contributed by atoms with Crippen molar-refractivity contribution in [1.29, 1.82) is 0 Å². The van der Waals surface area contributed by atoms with Gasteiger partial charge in [-0.3, -0.25) is 10.1 Å². The topological polar surface area (TPSA) is 106 Å². The summed E-state index contributed by atoms with van der Waals surface area (Å²) in [7, 11) is 15.8. The van der Waals surface area contributed by atoms with Crippen molar-refractivity contribution in [3.05, 3.63) is 44.4 Å². The van der Waals surface area contributed by atoms with Crippen LogP contribution in [0.25, 0.3) is 0 Å². The fourth-order valence-electron chi connectivity index (χ4n) is 1.85. The van der Waals surface area contributed by atoms with Crippen LogP contribution in [0.5, 0.6) is 23.0 Å². The van der Waals surface area contributed by atoms with Gasteiger partial charge in [0.2, 0.25) is 0 Å². The minimum atomic E-state index is -0.826. The molecular formula is C16H18Cl4N2O6Sn. The third kappa shape index (κ3) is 9.00. The summed E-state index contributed by atoms with van der Waals surface area (Å²) >= 11 is 10.6. The van der Waals surface area contributed by atoms with Gasteiger partial charge in [0.25, 0.3) is 5.69 Å². The third-order valence-corrected chi connectivity index (χ3v) is 3.78. The molecule has 29 heavy (non-hydrogen) atoms. The van der Waals surface area contributed by atoms with Crippen LogP contribution in [0.4, 0.5) is 11.4 Å². The molecule has 0 heterocycles. The zero-order valence-electron chi connectivity index (χ0n) is 15.8. The van der Waals surface area contributed by atoms with Crippen molar-refractivity contribution in [2.24, 2.45) is 0 Å². The maximum atomic E-state index is 10.5. The first-order chi connectivity index (χ1) is 13.7. The number of nitrogens with zero attached hydrogens (tertiary/aromatic N) is 1. The predicted molar refractivity (Wildman–Crippen MR) is 118 cm³/mol. The molecule has 2 radical (unpaired) electrons. The molecule has 2 rings (SSSR count). The normalized spacial score (nSPS) is 9.24. The molecule has 13 heteroatoms. The second kappa shape index (κ2) is 14.7. The Balaban J connectivity index is 0.000000481. The molecule has 0 fully saturated rings. The van der Waals surface area contributed by atoms with Crippen molar-refractivity contribution in [2.75, 3.05) is 34.2 Å². The zero-order chi connectivity index (χ0) is 22.6. The van der Waals surface area contributed by atoms with Crippen LogP contribution in [0.2, 0.25) is 10.0 Å². The van der Waals surface area contributed by atoms with E-state index in [0.717, 1.165) is 0 Å². The average molecular weight is 595 g/mol. The number of ether oxygens (including phenoxy) is 4. The van der Waals surface area contributed by atoms with Gasteiger partial charge >= 0.3 is 36.7 Å². The number of rotatable bonds is 5. The summed E-state index contributed by atoms with van der Waals surface area (Å²) in [5.74, 6) is 1.81. The van der Waals surface area contributed by atoms with Crippen molar-refractivity contribution in [1.82, 2.24) is 0 Å². The van der Waals surface area contributed by atoms with Crippen molar-refractivity contribution in [3.8, 4) is 23.0 Å². The van der Waals surface area contributed by atoms with Crippen molar-refractivity contribution < 1.29 is 23.9 Å². The summed E-state index contributed by atoms with van der Waals surface area (Å²) in [6.07, 6.45) is 0. The number of halogens is 4. The van der Waals surface area contributed by atoms with E-state index in [9.17, 15) is 10.1 Å². The zero-order valence-corrected chi connectivity index (χ0v) is 21.7. The van der Waals surface area contributed by atoms with Crippen molar-refractivity contribution in [3.63, 3.8) is 0 Å². The number of nitrogens with two attached hydrogens (primary N) is 1. The van der Waals surface area contributed by atoms with E-state index < -0.39 is 23.8 Å². The van der Waals surface area contributed by atoms with Gasteiger partial charge in [0.1, 0.15) is 5.02 Å². The van der Waals surface area contributed by atoms with Gasteiger partial charge in [0, 0.05) is 18.2 Å². The molecule has 2 aromatic carbocycles. The van der Waals surface area contributed by atoms with Gasteiger partial charge < -0.3 is 24.7 Å². The van der Waals surface area contributed by atoms with Crippen molar-refractivity contribution >= 4 is 71.3 Å². The third-order valence-electron chi connectivity index (χ3n) is 3.15. The molecule has 2 aromatic rings. The van der Waals surface area contributed by atoms with E-state index in [2.05, 4.69) is 0 Å². The van der Waals surface area contributed by atoms with E-state index >= 15 is 0 Å². The van der Waals surface area contributed by atoms with Crippen LogP contribution >= 0.6 is 41.0 Å². The molecule has 0 bridgehead atoms. The van der Waals surface area contributed by atoms with E-state index in [0.29, 0.717) is 28.0 Å². The Bertz CT molecular complexity index is 784. The summed E-state index contributed by atoms with van der Waals surface area (Å²) < 4.78 is 19.8. The van der Waals surface area contributed by atoms with Crippen LogP contribution in [-0.2, 0) is 0 Å². The van der Waals surface area contributed by atoms with E-state index in [1.807, 2.05) is 0 Å². The van der Waals surface area contributed by atoms with Gasteiger partial charge in [-0.15, -0.1) is 0 Å². The number of anilines is 1. The molecule has 0 saturated heterocycles. The Hall–Kier alpha value is -1.20. The molecule has 2 N–H and O–H groups in total. The fraction of sp³-hybridized carbons (Fsp3) is 0.250. The quantitative estimate of drug-likeness (QED) is 0.219. The van der Waals surface area contributed by atoms with Crippen molar-refractivity contribution in [2.45, 2.75) is 0 Å². The Morgan fingerprint density at radius 3 is 1.55 bits per heavy atom. The van der Waals surface area contributed by atoms with Gasteiger partial charge in [0.15, 0.2) is 23.0 Å². The molecule has 8 nitrogen and oxygen atoms in total. The van der Waals surface area contributed by atoms with Gasteiger partial charge in [-0.1, -0.05) is 23.2 Å². The first-order valence-corrected chi connectivity index (χ1v) is 15.4. The molecule has 0 spiro atoms. The Morgan fingerprint density at radius 2 is 1.17 bits per heavy atom. The average Bonchev–Trinajstić information content (AvgIpc) is 2.70. The molecule has 0 aliphatic carbocycles. The number of hydrogen-bond donors (Lipinski definition) is 1. The van der Waals surface area contributed by atoms with Gasteiger partial charge in [-0.05, 0) is 0 Å². The van der Waals surface area contributed by atoms with Crippen LogP contribution in [-0.4, -0.2) is 52.3 Å². The number of nitrogen functional groups attached to an aromatic ring is 1. The summed E-state index contributed by atoms with van der Waals surface area (Å²) in [5, 5.41) is 11.0. The second-order valence-corrected chi connectivity index (χ2v) is 9.77. The molecular weight excluding hydrogens is 577 g/mol. The second-order valence-electron chi connectivity index (χ2n) is 4.72. The number of hydrogen-bond acceptors (Lipinski definition) is 7. The van der Waals surface area contributed by atoms with E-state index in [1.165, 1.54) is 26.4 Å². The first kappa shape index (κ1) is 27.8. The molecule has 0 unspecified atom stereocenters. The molecule has 0 saturated carbocycles.